The molecule has 0 radical (unpaired) electrons. The van der Waals surface area contributed by atoms with Crippen LogP contribution in [0.1, 0.15) is 39.7 Å². The van der Waals surface area contributed by atoms with E-state index in [0.29, 0.717) is 46.2 Å². The number of rotatable bonds is 4. The molecule has 2 N–H and O–H groups in total. The molecule has 4 aromatic rings. The number of anilines is 2. The number of carbonyl (C=O) groups is 2. The first-order chi connectivity index (χ1) is 21.9. The maximum Gasteiger partial charge on any atom is 0.352 e. The van der Waals surface area contributed by atoms with Gasteiger partial charge in [-0.05, 0) is 92.1 Å². The van der Waals surface area contributed by atoms with Crippen molar-refractivity contribution < 1.29 is 24.2 Å². The SMILES string of the molecule is Cc1ccc(N(C(=O)N2C=CC=C(c3cc4c(cc3C(=O)N3Cc5ccccc5C[C@H]3C)OCO4)N2)c2ccc(O)cc2)cn1. The number of hydrazine groups is 1. The van der Waals surface area contributed by atoms with Gasteiger partial charge < -0.3 is 19.5 Å². The number of phenolic OH excluding ortho intramolecular Hbond substituents is 1. The van der Waals surface area contributed by atoms with Gasteiger partial charge in [0.05, 0.1) is 28.8 Å². The summed E-state index contributed by atoms with van der Waals surface area (Å²) in [4.78, 5) is 36.2. The van der Waals surface area contributed by atoms with E-state index in [1.807, 2.05) is 42.2 Å². The largest absolute Gasteiger partial charge is 0.508 e. The highest BCUT2D eigenvalue weighted by Crippen LogP contribution is 2.39. The van der Waals surface area contributed by atoms with E-state index in [4.69, 9.17) is 9.47 Å². The van der Waals surface area contributed by atoms with Gasteiger partial charge in [0.15, 0.2) is 11.5 Å². The number of amides is 3. The van der Waals surface area contributed by atoms with Crippen molar-refractivity contribution in [2.45, 2.75) is 32.9 Å². The number of ether oxygens (including phenoxy) is 2. The molecule has 3 aliphatic rings. The minimum absolute atomic E-state index is 0.0149. The van der Waals surface area contributed by atoms with Gasteiger partial charge in [-0.2, -0.15) is 0 Å². The van der Waals surface area contributed by atoms with Crippen LogP contribution in [0.5, 0.6) is 17.2 Å². The number of hydrogen-bond acceptors (Lipinski definition) is 7. The van der Waals surface area contributed by atoms with E-state index in [0.717, 1.165) is 17.7 Å². The number of nitrogens with zero attached hydrogens (tertiary/aromatic N) is 4. The van der Waals surface area contributed by atoms with E-state index in [-0.39, 0.29) is 24.5 Å². The van der Waals surface area contributed by atoms with Gasteiger partial charge >= 0.3 is 6.03 Å². The van der Waals surface area contributed by atoms with E-state index >= 15 is 0 Å². The van der Waals surface area contributed by atoms with Gasteiger partial charge in [0.2, 0.25) is 6.79 Å². The standard InChI is InChI=1S/C35H31N5O5/c1-22-9-10-27(19-36-22)40(26-11-13-28(41)14-12-26)35(43)39-15-5-8-31(37-39)29-17-32-33(45-21-44-32)18-30(29)34(42)38-20-25-7-4-3-6-24(25)16-23(38)2/h3-15,17-19,23,37,41H,16,20-21H2,1-2H3/t23-/m1/s1. The molecule has 3 amide bonds. The summed E-state index contributed by atoms with van der Waals surface area (Å²) in [5.74, 6) is 0.959. The maximum atomic E-state index is 14.3. The number of allylic oxidation sites excluding steroid dienone is 2. The molecule has 0 aliphatic carbocycles. The van der Waals surface area contributed by atoms with E-state index in [1.165, 1.54) is 27.6 Å². The number of benzene rings is 3. The fourth-order valence-corrected chi connectivity index (χ4v) is 5.81. The highest BCUT2D eigenvalue weighted by atomic mass is 16.7. The maximum absolute atomic E-state index is 14.3. The van der Waals surface area contributed by atoms with Crippen molar-refractivity contribution in [2.24, 2.45) is 0 Å². The summed E-state index contributed by atoms with van der Waals surface area (Å²) in [5.41, 5.74) is 9.01. The van der Waals surface area contributed by atoms with Crippen molar-refractivity contribution >= 4 is 29.0 Å². The third kappa shape index (κ3) is 5.31. The zero-order chi connectivity index (χ0) is 31.1. The van der Waals surface area contributed by atoms with E-state index < -0.39 is 6.03 Å². The van der Waals surface area contributed by atoms with Crippen molar-refractivity contribution in [3.05, 3.63) is 125 Å². The molecule has 0 spiro atoms. The normalized spacial score (nSPS) is 16.5. The molecule has 10 nitrogen and oxygen atoms in total. The number of aromatic hydroxyl groups is 1. The van der Waals surface area contributed by atoms with Crippen LogP contribution in [0.15, 0.2) is 97.3 Å². The van der Waals surface area contributed by atoms with E-state index in [9.17, 15) is 14.7 Å². The summed E-state index contributed by atoms with van der Waals surface area (Å²) in [7, 11) is 0. The minimum Gasteiger partial charge on any atom is -0.508 e. The van der Waals surface area contributed by atoms with Crippen LogP contribution in [0.4, 0.5) is 16.2 Å². The molecule has 7 rings (SSSR count). The van der Waals surface area contributed by atoms with Crippen LogP contribution >= 0.6 is 0 Å². The quantitative estimate of drug-likeness (QED) is 0.294. The van der Waals surface area contributed by atoms with Crippen molar-refractivity contribution in [1.29, 1.82) is 0 Å². The number of phenols is 1. The van der Waals surface area contributed by atoms with Crippen LogP contribution in [-0.2, 0) is 13.0 Å². The molecule has 0 saturated heterocycles. The van der Waals surface area contributed by atoms with Crippen molar-refractivity contribution in [3.63, 3.8) is 0 Å². The molecule has 1 aromatic heterocycles. The van der Waals surface area contributed by atoms with Gasteiger partial charge in [0.25, 0.3) is 5.91 Å². The first-order valence-electron chi connectivity index (χ1n) is 14.7. The number of aromatic nitrogens is 1. The number of pyridine rings is 1. The number of nitrogens with one attached hydrogen (secondary N) is 1. The van der Waals surface area contributed by atoms with Crippen molar-refractivity contribution in [1.82, 2.24) is 20.3 Å². The minimum atomic E-state index is -0.428. The predicted octanol–water partition coefficient (Wildman–Crippen LogP) is 6.04. The third-order valence-electron chi connectivity index (χ3n) is 8.20. The number of hydrogen-bond donors (Lipinski definition) is 2. The van der Waals surface area contributed by atoms with Gasteiger partial charge in [0.1, 0.15) is 5.75 Å². The summed E-state index contributed by atoms with van der Waals surface area (Å²) in [6.45, 7) is 4.48. The third-order valence-corrected chi connectivity index (χ3v) is 8.20. The summed E-state index contributed by atoms with van der Waals surface area (Å²) in [6.07, 6.45) is 7.54. The molecule has 0 fully saturated rings. The molecule has 45 heavy (non-hydrogen) atoms. The molecule has 3 aromatic carbocycles. The predicted molar refractivity (Wildman–Crippen MR) is 169 cm³/mol. The monoisotopic (exact) mass is 601 g/mol. The molecule has 226 valence electrons. The second-order valence-electron chi connectivity index (χ2n) is 11.2. The second kappa shape index (κ2) is 11.4. The average molecular weight is 602 g/mol. The van der Waals surface area contributed by atoms with Crippen LogP contribution < -0.4 is 19.8 Å². The molecular weight excluding hydrogens is 570 g/mol. The fourth-order valence-electron chi connectivity index (χ4n) is 5.81. The summed E-state index contributed by atoms with van der Waals surface area (Å²) >= 11 is 0. The van der Waals surface area contributed by atoms with E-state index in [1.54, 1.807) is 42.7 Å². The van der Waals surface area contributed by atoms with Crippen LogP contribution in [-0.4, -0.2) is 44.8 Å². The Morgan fingerprint density at radius 2 is 1.71 bits per heavy atom. The van der Waals surface area contributed by atoms with Crippen LogP contribution in [0.25, 0.3) is 5.70 Å². The van der Waals surface area contributed by atoms with Gasteiger partial charge in [-0.3, -0.25) is 20.1 Å². The lowest BCUT2D eigenvalue weighted by atomic mass is 9.93. The summed E-state index contributed by atoms with van der Waals surface area (Å²) in [5, 5.41) is 11.2. The molecule has 3 aliphatic heterocycles. The Balaban J connectivity index is 1.22. The van der Waals surface area contributed by atoms with Crippen LogP contribution in [0.2, 0.25) is 0 Å². The lowest BCUT2D eigenvalue weighted by molar-refractivity contribution is 0.0657. The first kappa shape index (κ1) is 28.0. The molecule has 0 unspecified atom stereocenters. The Kier molecular flexibility index (Phi) is 7.09. The Bertz CT molecular complexity index is 1810. The topological polar surface area (TPSA) is 107 Å². The van der Waals surface area contributed by atoms with Crippen molar-refractivity contribution in [2.75, 3.05) is 11.7 Å². The number of urea groups is 1. The Morgan fingerprint density at radius 1 is 0.978 bits per heavy atom. The fraction of sp³-hybridized carbons (Fsp3) is 0.171. The Morgan fingerprint density at radius 3 is 2.47 bits per heavy atom. The lowest BCUT2D eigenvalue weighted by Gasteiger charge is -2.36. The smallest absolute Gasteiger partial charge is 0.352 e. The zero-order valence-electron chi connectivity index (χ0n) is 24.8. The van der Waals surface area contributed by atoms with E-state index in [2.05, 4.69) is 29.5 Å². The highest BCUT2D eigenvalue weighted by Gasteiger charge is 2.32. The molecule has 10 heteroatoms. The zero-order valence-corrected chi connectivity index (χ0v) is 24.8. The average Bonchev–Trinajstić information content (AvgIpc) is 3.53. The number of aryl methyl sites for hydroxylation is 1. The summed E-state index contributed by atoms with van der Waals surface area (Å²) < 4.78 is 11.4. The lowest BCUT2D eigenvalue weighted by Crippen LogP contribution is -2.46. The van der Waals surface area contributed by atoms with Crippen LogP contribution in [0.3, 0.4) is 0 Å². The number of carbonyl (C=O) groups excluding carboxylic acids is 2. The van der Waals surface area contributed by atoms with Crippen LogP contribution in [0, 0.1) is 6.92 Å². The Labute approximate surface area is 260 Å². The first-order valence-corrected chi connectivity index (χ1v) is 14.7. The summed E-state index contributed by atoms with van der Waals surface area (Å²) in [6, 6.07) is 21.2. The number of fused-ring (bicyclic) bond motifs is 2. The van der Waals surface area contributed by atoms with Crippen molar-refractivity contribution in [3.8, 4) is 17.2 Å². The highest BCUT2D eigenvalue weighted by molar-refractivity contribution is 6.02. The molecule has 1 atom stereocenters. The second-order valence-corrected chi connectivity index (χ2v) is 11.2. The van der Waals surface area contributed by atoms with Gasteiger partial charge in [-0.15, -0.1) is 0 Å². The molecule has 0 saturated carbocycles. The van der Waals surface area contributed by atoms with Gasteiger partial charge in [0, 0.05) is 30.0 Å². The Hall–Kier alpha value is -5.77. The molecule has 4 heterocycles. The molecular formula is C35H31N5O5. The molecule has 0 bridgehead atoms. The van der Waals surface area contributed by atoms with Gasteiger partial charge in [-0.25, -0.2) is 9.80 Å². The van der Waals surface area contributed by atoms with Gasteiger partial charge in [-0.1, -0.05) is 24.3 Å².